The maximum Gasteiger partial charge on any atom is 0.239 e. The second-order valence-electron chi connectivity index (χ2n) is 6.20. The third kappa shape index (κ3) is 3.31. The third-order valence-electron chi connectivity index (χ3n) is 4.28. The first kappa shape index (κ1) is 14.1. The van der Waals surface area contributed by atoms with Gasteiger partial charge in [-0.25, -0.2) is 0 Å². The number of rotatable bonds is 5. The Bertz CT molecular complexity index is 738. The zero-order valence-corrected chi connectivity index (χ0v) is 13.0. The molecular formula is C19H20N2O2. The van der Waals surface area contributed by atoms with E-state index in [9.17, 15) is 4.79 Å². The normalized spacial score (nSPS) is 15.7. The van der Waals surface area contributed by atoms with Crippen molar-refractivity contribution in [2.75, 3.05) is 18.5 Å². The highest BCUT2D eigenvalue weighted by Gasteiger charge is 2.22. The SMILES string of the molecule is O=C(CNc1cccc(-c2ccc3c(c2)CCO3)c1)NC1CC1. The van der Waals surface area contributed by atoms with Gasteiger partial charge in [-0.15, -0.1) is 0 Å². The number of hydrogen-bond acceptors (Lipinski definition) is 3. The van der Waals surface area contributed by atoms with E-state index in [1.165, 1.54) is 11.1 Å². The molecule has 2 aromatic carbocycles. The van der Waals surface area contributed by atoms with Crippen LogP contribution in [0.3, 0.4) is 0 Å². The lowest BCUT2D eigenvalue weighted by Crippen LogP contribution is -2.31. The predicted molar refractivity (Wildman–Crippen MR) is 90.7 cm³/mol. The first-order valence-electron chi connectivity index (χ1n) is 8.17. The van der Waals surface area contributed by atoms with Gasteiger partial charge in [-0.3, -0.25) is 4.79 Å². The minimum absolute atomic E-state index is 0.0626. The molecule has 1 fully saturated rings. The highest BCUT2D eigenvalue weighted by molar-refractivity contribution is 5.81. The minimum Gasteiger partial charge on any atom is -0.493 e. The molecule has 2 N–H and O–H groups in total. The van der Waals surface area contributed by atoms with E-state index < -0.39 is 0 Å². The molecule has 4 nitrogen and oxygen atoms in total. The van der Waals surface area contributed by atoms with Gasteiger partial charge in [0, 0.05) is 18.2 Å². The smallest absolute Gasteiger partial charge is 0.239 e. The molecule has 2 aromatic rings. The average molecular weight is 308 g/mol. The van der Waals surface area contributed by atoms with Gasteiger partial charge in [-0.05, 0) is 53.8 Å². The van der Waals surface area contributed by atoms with Gasteiger partial charge in [0.2, 0.25) is 5.91 Å². The summed E-state index contributed by atoms with van der Waals surface area (Å²) in [6, 6.07) is 14.9. The van der Waals surface area contributed by atoms with Crippen molar-refractivity contribution in [3.05, 3.63) is 48.0 Å². The molecule has 0 radical (unpaired) electrons. The van der Waals surface area contributed by atoms with E-state index in [1.807, 2.05) is 18.2 Å². The van der Waals surface area contributed by atoms with E-state index in [0.29, 0.717) is 12.6 Å². The Balaban J connectivity index is 1.46. The molecule has 23 heavy (non-hydrogen) atoms. The van der Waals surface area contributed by atoms with Crippen molar-refractivity contribution in [2.24, 2.45) is 0 Å². The molecule has 0 aromatic heterocycles. The average Bonchev–Trinajstić information content (AvgIpc) is 3.26. The summed E-state index contributed by atoms with van der Waals surface area (Å²) in [5, 5.41) is 6.19. The molecule has 1 heterocycles. The number of nitrogens with one attached hydrogen (secondary N) is 2. The number of fused-ring (bicyclic) bond motifs is 1. The Hall–Kier alpha value is -2.49. The molecule has 118 valence electrons. The molecule has 0 bridgehead atoms. The molecule has 4 rings (SSSR count). The summed E-state index contributed by atoms with van der Waals surface area (Å²) in [4.78, 5) is 11.8. The second-order valence-corrected chi connectivity index (χ2v) is 6.20. The van der Waals surface area contributed by atoms with Crippen molar-refractivity contribution < 1.29 is 9.53 Å². The van der Waals surface area contributed by atoms with Gasteiger partial charge in [-0.1, -0.05) is 18.2 Å². The van der Waals surface area contributed by atoms with Gasteiger partial charge in [0.25, 0.3) is 0 Å². The number of carbonyl (C=O) groups is 1. The van der Waals surface area contributed by atoms with Crippen LogP contribution in [-0.2, 0) is 11.2 Å². The number of amides is 1. The van der Waals surface area contributed by atoms with Gasteiger partial charge in [-0.2, -0.15) is 0 Å². The lowest BCUT2D eigenvalue weighted by Gasteiger charge is -2.10. The van der Waals surface area contributed by atoms with E-state index >= 15 is 0 Å². The molecule has 1 amide bonds. The highest BCUT2D eigenvalue weighted by Crippen LogP contribution is 2.31. The largest absolute Gasteiger partial charge is 0.493 e. The number of carbonyl (C=O) groups excluding carboxylic acids is 1. The van der Waals surface area contributed by atoms with Gasteiger partial charge in [0.05, 0.1) is 13.2 Å². The van der Waals surface area contributed by atoms with E-state index in [2.05, 4.69) is 34.9 Å². The van der Waals surface area contributed by atoms with Gasteiger partial charge in [0.15, 0.2) is 0 Å². The number of anilines is 1. The highest BCUT2D eigenvalue weighted by atomic mass is 16.5. The fourth-order valence-corrected chi connectivity index (χ4v) is 2.86. The molecule has 1 aliphatic carbocycles. The van der Waals surface area contributed by atoms with Crippen LogP contribution in [-0.4, -0.2) is 25.1 Å². The molecule has 0 spiro atoms. The summed E-state index contributed by atoms with van der Waals surface area (Å²) in [5.74, 6) is 1.06. The van der Waals surface area contributed by atoms with Crippen LogP contribution in [0.2, 0.25) is 0 Å². The lowest BCUT2D eigenvalue weighted by molar-refractivity contribution is -0.119. The van der Waals surface area contributed by atoms with Crippen LogP contribution < -0.4 is 15.4 Å². The first-order valence-corrected chi connectivity index (χ1v) is 8.17. The van der Waals surface area contributed by atoms with Gasteiger partial charge < -0.3 is 15.4 Å². The third-order valence-corrected chi connectivity index (χ3v) is 4.28. The van der Waals surface area contributed by atoms with Crippen LogP contribution in [0.4, 0.5) is 5.69 Å². The van der Waals surface area contributed by atoms with E-state index in [4.69, 9.17) is 4.74 Å². The summed E-state index contributed by atoms with van der Waals surface area (Å²) in [5.41, 5.74) is 4.56. The number of hydrogen-bond donors (Lipinski definition) is 2. The van der Waals surface area contributed by atoms with Crippen LogP contribution in [0.25, 0.3) is 11.1 Å². The van der Waals surface area contributed by atoms with Crippen LogP contribution in [0, 0.1) is 0 Å². The Morgan fingerprint density at radius 3 is 2.87 bits per heavy atom. The monoisotopic (exact) mass is 308 g/mol. The van der Waals surface area contributed by atoms with Crippen molar-refractivity contribution in [3.63, 3.8) is 0 Å². The Morgan fingerprint density at radius 2 is 2.00 bits per heavy atom. The van der Waals surface area contributed by atoms with Crippen molar-refractivity contribution in [2.45, 2.75) is 25.3 Å². The molecule has 0 atom stereocenters. The maximum absolute atomic E-state index is 11.8. The predicted octanol–water partition coefficient (Wildman–Crippen LogP) is 2.98. The first-order chi connectivity index (χ1) is 11.3. The summed E-state index contributed by atoms with van der Waals surface area (Å²) >= 11 is 0. The van der Waals surface area contributed by atoms with Crippen LogP contribution in [0.1, 0.15) is 18.4 Å². The Kier molecular flexibility index (Phi) is 3.66. The quantitative estimate of drug-likeness (QED) is 0.893. The molecule has 2 aliphatic rings. The van der Waals surface area contributed by atoms with Crippen molar-refractivity contribution >= 4 is 11.6 Å². The van der Waals surface area contributed by atoms with Gasteiger partial charge in [0.1, 0.15) is 5.75 Å². The summed E-state index contributed by atoms with van der Waals surface area (Å²) < 4.78 is 5.56. The minimum atomic E-state index is 0.0626. The van der Waals surface area contributed by atoms with Crippen molar-refractivity contribution in [3.8, 4) is 16.9 Å². The fraction of sp³-hybridized carbons (Fsp3) is 0.316. The van der Waals surface area contributed by atoms with E-state index in [1.54, 1.807) is 0 Å². The zero-order chi connectivity index (χ0) is 15.6. The number of ether oxygens (including phenoxy) is 1. The molecule has 1 aliphatic heterocycles. The standard InChI is InChI=1S/C19H20N2O2/c22-19(21-16-5-6-16)12-20-17-3-1-2-13(11-17)14-4-7-18-15(10-14)8-9-23-18/h1-4,7,10-11,16,20H,5-6,8-9,12H2,(H,21,22). The second kappa shape index (κ2) is 5.95. The van der Waals surface area contributed by atoms with Crippen molar-refractivity contribution in [1.82, 2.24) is 5.32 Å². The molecule has 4 heteroatoms. The van der Waals surface area contributed by atoms with Crippen molar-refractivity contribution in [1.29, 1.82) is 0 Å². The fourth-order valence-electron chi connectivity index (χ4n) is 2.86. The van der Waals surface area contributed by atoms with Crippen LogP contribution in [0.15, 0.2) is 42.5 Å². The molecule has 0 unspecified atom stereocenters. The van der Waals surface area contributed by atoms with Crippen LogP contribution >= 0.6 is 0 Å². The molecule has 0 saturated heterocycles. The van der Waals surface area contributed by atoms with Crippen LogP contribution in [0.5, 0.6) is 5.75 Å². The summed E-state index contributed by atoms with van der Waals surface area (Å²) in [7, 11) is 0. The molecular weight excluding hydrogens is 288 g/mol. The zero-order valence-electron chi connectivity index (χ0n) is 13.0. The Morgan fingerprint density at radius 1 is 1.13 bits per heavy atom. The summed E-state index contributed by atoms with van der Waals surface area (Å²) in [6.07, 6.45) is 3.20. The summed E-state index contributed by atoms with van der Waals surface area (Å²) in [6.45, 7) is 1.09. The topological polar surface area (TPSA) is 50.4 Å². The van der Waals surface area contributed by atoms with Gasteiger partial charge >= 0.3 is 0 Å². The lowest BCUT2D eigenvalue weighted by atomic mass is 10.0. The van der Waals surface area contributed by atoms with E-state index in [-0.39, 0.29) is 5.91 Å². The number of benzene rings is 2. The molecule has 1 saturated carbocycles. The Labute approximate surface area is 135 Å². The van der Waals surface area contributed by atoms with E-state index in [0.717, 1.165) is 42.9 Å². The maximum atomic E-state index is 11.8.